The first-order chi connectivity index (χ1) is 11.6. The SMILES string of the molecule is CC1CN(S(=O)(=O)c2ccc(OCc3ccccc3)cc2)CCO1. The zero-order valence-corrected chi connectivity index (χ0v) is 14.4. The van der Waals surface area contributed by atoms with Crippen molar-refractivity contribution in [3.05, 3.63) is 60.2 Å². The number of hydrogen-bond acceptors (Lipinski definition) is 4. The van der Waals surface area contributed by atoms with Crippen LogP contribution in [0.4, 0.5) is 0 Å². The topological polar surface area (TPSA) is 55.8 Å². The Balaban J connectivity index is 1.67. The van der Waals surface area contributed by atoms with E-state index >= 15 is 0 Å². The van der Waals surface area contributed by atoms with Gasteiger partial charge in [0.25, 0.3) is 0 Å². The van der Waals surface area contributed by atoms with Gasteiger partial charge in [-0.3, -0.25) is 0 Å². The van der Waals surface area contributed by atoms with Gasteiger partial charge in [0.1, 0.15) is 12.4 Å². The second-order valence-corrected chi connectivity index (χ2v) is 7.73. The van der Waals surface area contributed by atoms with Crippen LogP contribution in [0.25, 0.3) is 0 Å². The summed E-state index contributed by atoms with van der Waals surface area (Å²) in [6.07, 6.45) is -0.0815. The summed E-state index contributed by atoms with van der Waals surface area (Å²) in [4.78, 5) is 0.281. The van der Waals surface area contributed by atoms with Crippen molar-refractivity contribution in [1.29, 1.82) is 0 Å². The van der Waals surface area contributed by atoms with E-state index in [4.69, 9.17) is 9.47 Å². The molecule has 0 N–H and O–H groups in total. The highest BCUT2D eigenvalue weighted by Crippen LogP contribution is 2.22. The van der Waals surface area contributed by atoms with Gasteiger partial charge in [-0.1, -0.05) is 30.3 Å². The quantitative estimate of drug-likeness (QED) is 0.834. The largest absolute Gasteiger partial charge is 0.489 e. The molecule has 6 heteroatoms. The summed E-state index contributed by atoms with van der Waals surface area (Å²) in [6.45, 7) is 3.53. The minimum atomic E-state index is -3.48. The molecule has 1 fully saturated rings. The Kier molecular flexibility index (Phi) is 5.18. The number of benzene rings is 2. The third-order valence-electron chi connectivity index (χ3n) is 3.91. The summed E-state index contributed by atoms with van der Waals surface area (Å²) in [5.74, 6) is 0.646. The van der Waals surface area contributed by atoms with Crippen LogP contribution in [0.2, 0.25) is 0 Å². The normalized spacial score (nSPS) is 19.1. The molecule has 1 aliphatic heterocycles. The maximum absolute atomic E-state index is 12.7. The van der Waals surface area contributed by atoms with E-state index in [2.05, 4.69) is 0 Å². The standard InChI is InChI=1S/C18H21NO4S/c1-15-13-19(11-12-22-15)24(20,21)18-9-7-17(8-10-18)23-14-16-5-3-2-4-6-16/h2-10,15H,11-14H2,1H3. The average molecular weight is 347 g/mol. The lowest BCUT2D eigenvalue weighted by Crippen LogP contribution is -2.44. The van der Waals surface area contributed by atoms with Crippen molar-refractivity contribution in [2.75, 3.05) is 19.7 Å². The van der Waals surface area contributed by atoms with E-state index in [9.17, 15) is 8.42 Å². The third kappa shape index (κ3) is 3.95. The monoisotopic (exact) mass is 347 g/mol. The van der Waals surface area contributed by atoms with Gasteiger partial charge in [-0.05, 0) is 36.8 Å². The second-order valence-electron chi connectivity index (χ2n) is 5.79. The second kappa shape index (κ2) is 7.34. The number of sulfonamides is 1. The Morgan fingerprint density at radius 1 is 1.12 bits per heavy atom. The molecule has 1 aliphatic rings. The number of morpholine rings is 1. The molecule has 3 rings (SSSR count). The molecule has 0 aromatic heterocycles. The molecule has 0 radical (unpaired) electrons. The minimum Gasteiger partial charge on any atom is -0.489 e. The zero-order chi connectivity index (χ0) is 17.0. The zero-order valence-electron chi connectivity index (χ0n) is 13.6. The molecule has 1 unspecified atom stereocenters. The van der Waals surface area contributed by atoms with Crippen LogP contribution < -0.4 is 4.74 Å². The van der Waals surface area contributed by atoms with Gasteiger partial charge in [-0.2, -0.15) is 4.31 Å². The Hall–Kier alpha value is -1.89. The summed E-state index contributed by atoms with van der Waals surface area (Å²) in [6, 6.07) is 16.4. The highest BCUT2D eigenvalue weighted by Gasteiger charge is 2.28. The first-order valence-electron chi connectivity index (χ1n) is 7.94. The summed E-state index contributed by atoms with van der Waals surface area (Å²) in [7, 11) is -3.48. The van der Waals surface area contributed by atoms with Crippen molar-refractivity contribution in [2.24, 2.45) is 0 Å². The number of ether oxygens (including phenoxy) is 2. The van der Waals surface area contributed by atoms with Crippen LogP contribution in [0.3, 0.4) is 0 Å². The summed E-state index contributed by atoms with van der Waals surface area (Å²) in [5, 5.41) is 0. The lowest BCUT2D eigenvalue weighted by atomic mass is 10.2. The number of hydrogen-bond donors (Lipinski definition) is 0. The van der Waals surface area contributed by atoms with Crippen molar-refractivity contribution < 1.29 is 17.9 Å². The van der Waals surface area contributed by atoms with Crippen LogP contribution in [0.1, 0.15) is 12.5 Å². The van der Waals surface area contributed by atoms with Crippen LogP contribution in [-0.2, 0) is 21.4 Å². The molecule has 2 aromatic rings. The van der Waals surface area contributed by atoms with Gasteiger partial charge in [0, 0.05) is 13.1 Å². The highest BCUT2D eigenvalue weighted by molar-refractivity contribution is 7.89. The Morgan fingerprint density at radius 2 is 1.83 bits per heavy atom. The molecule has 0 spiro atoms. The third-order valence-corrected chi connectivity index (χ3v) is 5.79. The van der Waals surface area contributed by atoms with E-state index < -0.39 is 10.0 Å². The predicted molar refractivity (Wildman–Crippen MR) is 91.4 cm³/mol. The maximum atomic E-state index is 12.7. The molecule has 24 heavy (non-hydrogen) atoms. The van der Waals surface area contributed by atoms with E-state index in [1.165, 1.54) is 4.31 Å². The van der Waals surface area contributed by atoms with Crippen molar-refractivity contribution in [2.45, 2.75) is 24.5 Å². The van der Waals surface area contributed by atoms with Gasteiger partial charge in [0.2, 0.25) is 10.0 Å². The van der Waals surface area contributed by atoms with Crippen molar-refractivity contribution in [1.82, 2.24) is 4.31 Å². The van der Waals surface area contributed by atoms with Crippen LogP contribution in [0.5, 0.6) is 5.75 Å². The number of rotatable bonds is 5. The maximum Gasteiger partial charge on any atom is 0.243 e. The first-order valence-corrected chi connectivity index (χ1v) is 9.38. The van der Waals surface area contributed by atoms with Crippen LogP contribution in [0.15, 0.2) is 59.5 Å². The van der Waals surface area contributed by atoms with Gasteiger partial charge >= 0.3 is 0 Å². The fourth-order valence-corrected chi connectivity index (χ4v) is 4.10. The Labute approximate surface area is 142 Å². The molecule has 0 bridgehead atoms. The molecule has 0 aliphatic carbocycles. The van der Waals surface area contributed by atoms with Crippen molar-refractivity contribution >= 4 is 10.0 Å². The summed E-state index contributed by atoms with van der Waals surface area (Å²) < 4.78 is 37.9. The smallest absolute Gasteiger partial charge is 0.243 e. The van der Waals surface area contributed by atoms with Gasteiger partial charge in [-0.25, -0.2) is 8.42 Å². The van der Waals surface area contributed by atoms with Gasteiger partial charge in [-0.15, -0.1) is 0 Å². The lowest BCUT2D eigenvalue weighted by molar-refractivity contribution is 0.0102. The van der Waals surface area contributed by atoms with Crippen molar-refractivity contribution in [3.8, 4) is 5.75 Å². The Bertz CT molecular complexity index is 759. The first kappa shape index (κ1) is 17.0. The molecule has 5 nitrogen and oxygen atoms in total. The predicted octanol–water partition coefficient (Wildman–Crippen LogP) is 2.68. The van der Waals surface area contributed by atoms with Crippen LogP contribution in [-0.4, -0.2) is 38.5 Å². The number of nitrogens with zero attached hydrogens (tertiary/aromatic N) is 1. The van der Waals surface area contributed by atoms with Gasteiger partial charge in [0.15, 0.2) is 0 Å². The molecule has 2 aromatic carbocycles. The van der Waals surface area contributed by atoms with E-state index in [1.807, 2.05) is 37.3 Å². The molecule has 1 heterocycles. The van der Waals surface area contributed by atoms with E-state index in [1.54, 1.807) is 24.3 Å². The minimum absolute atomic E-state index is 0.0815. The highest BCUT2D eigenvalue weighted by atomic mass is 32.2. The molecule has 1 atom stereocenters. The van der Waals surface area contributed by atoms with Gasteiger partial charge in [0.05, 0.1) is 17.6 Å². The van der Waals surface area contributed by atoms with Crippen LogP contribution >= 0.6 is 0 Å². The summed E-state index contributed by atoms with van der Waals surface area (Å²) >= 11 is 0. The van der Waals surface area contributed by atoms with Gasteiger partial charge < -0.3 is 9.47 Å². The van der Waals surface area contributed by atoms with Crippen LogP contribution in [0, 0.1) is 0 Å². The fourth-order valence-electron chi connectivity index (χ4n) is 2.60. The molecule has 128 valence electrons. The molecular formula is C18H21NO4S. The average Bonchev–Trinajstić information content (AvgIpc) is 2.61. The van der Waals surface area contributed by atoms with E-state index in [-0.39, 0.29) is 11.0 Å². The Morgan fingerprint density at radius 3 is 2.50 bits per heavy atom. The van der Waals surface area contributed by atoms with E-state index in [0.29, 0.717) is 32.1 Å². The fraction of sp³-hybridized carbons (Fsp3) is 0.333. The molecule has 0 amide bonds. The molecular weight excluding hydrogens is 326 g/mol. The molecule has 1 saturated heterocycles. The van der Waals surface area contributed by atoms with E-state index in [0.717, 1.165) is 5.56 Å². The van der Waals surface area contributed by atoms with Crippen molar-refractivity contribution in [3.63, 3.8) is 0 Å². The lowest BCUT2D eigenvalue weighted by Gasteiger charge is -2.30. The summed E-state index contributed by atoms with van der Waals surface area (Å²) in [5.41, 5.74) is 1.07. The molecule has 0 saturated carbocycles.